The monoisotopic (exact) mass is 362 g/mol. The molecular formula is C16H12BrFN2S. The number of aromatic amines is 1. The van der Waals surface area contributed by atoms with Gasteiger partial charge in [0.05, 0.1) is 15.5 Å². The smallest absolute Gasteiger partial charge is 0.178 e. The largest absolute Gasteiger partial charge is 0.331 e. The maximum absolute atomic E-state index is 13.9. The lowest BCUT2D eigenvalue weighted by molar-refractivity contribution is 0.536. The molecule has 0 atom stereocenters. The molecule has 2 nitrogen and oxygen atoms in total. The zero-order valence-corrected chi connectivity index (χ0v) is 13.5. The third-order valence-electron chi connectivity index (χ3n) is 4.15. The van der Waals surface area contributed by atoms with Crippen LogP contribution in [0.5, 0.6) is 0 Å². The SMILES string of the molecule is Fc1cc2c(cc1Br)[nH]c(=S)n2C1Cc2ccccc2C1. The minimum atomic E-state index is -0.263. The minimum absolute atomic E-state index is 0.254. The van der Waals surface area contributed by atoms with E-state index in [-0.39, 0.29) is 11.9 Å². The van der Waals surface area contributed by atoms with Crippen LogP contribution < -0.4 is 0 Å². The summed E-state index contributed by atoms with van der Waals surface area (Å²) < 4.78 is 17.0. The van der Waals surface area contributed by atoms with Gasteiger partial charge in [0.25, 0.3) is 0 Å². The zero-order chi connectivity index (χ0) is 14.6. The van der Waals surface area contributed by atoms with E-state index in [1.165, 1.54) is 11.1 Å². The average molecular weight is 363 g/mol. The Hall–Kier alpha value is -1.46. The van der Waals surface area contributed by atoms with Crippen molar-refractivity contribution in [2.75, 3.05) is 0 Å². The van der Waals surface area contributed by atoms with Crippen molar-refractivity contribution in [3.63, 3.8) is 0 Å². The number of rotatable bonds is 1. The lowest BCUT2D eigenvalue weighted by atomic mass is 10.1. The fourth-order valence-electron chi connectivity index (χ4n) is 3.20. The molecule has 0 aliphatic heterocycles. The number of H-pyrrole nitrogens is 1. The Morgan fingerprint density at radius 1 is 1.19 bits per heavy atom. The van der Waals surface area contributed by atoms with Crippen LogP contribution in [0.2, 0.25) is 0 Å². The van der Waals surface area contributed by atoms with Crippen molar-refractivity contribution in [1.29, 1.82) is 0 Å². The summed E-state index contributed by atoms with van der Waals surface area (Å²) in [5.41, 5.74) is 4.41. The van der Waals surface area contributed by atoms with Gasteiger partial charge in [0, 0.05) is 12.1 Å². The predicted octanol–water partition coefficient (Wildman–Crippen LogP) is 4.94. The van der Waals surface area contributed by atoms with Crippen LogP contribution in [0, 0.1) is 10.6 Å². The second-order valence-electron chi connectivity index (χ2n) is 5.41. The van der Waals surface area contributed by atoms with Gasteiger partial charge in [-0.2, -0.15) is 0 Å². The number of hydrogen-bond donors (Lipinski definition) is 1. The third-order valence-corrected chi connectivity index (χ3v) is 5.06. The molecule has 4 rings (SSSR count). The normalized spacial score (nSPS) is 14.8. The minimum Gasteiger partial charge on any atom is -0.331 e. The van der Waals surface area contributed by atoms with Crippen LogP contribution in [-0.4, -0.2) is 9.55 Å². The number of benzene rings is 2. The summed E-state index contributed by atoms with van der Waals surface area (Å²) >= 11 is 8.68. The quantitative estimate of drug-likeness (QED) is 0.608. The molecule has 3 aromatic rings. The first-order valence-corrected chi connectivity index (χ1v) is 7.99. The maximum Gasteiger partial charge on any atom is 0.178 e. The van der Waals surface area contributed by atoms with Gasteiger partial charge in [0.15, 0.2) is 4.77 Å². The highest BCUT2D eigenvalue weighted by molar-refractivity contribution is 9.10. The van der Waals surface area contributed by atoms with Crippen LogP contribution in [0.15, 0.2) is 40.9 Å². The summed E-state index contributed by atoms with van der Waals surface area (Å²) in [6.45, 7) is 0. The van der Waals surface area contributed by atoms with Crippen LogP contribution in [0.1, 0.15) is 17.2 Å². The zero-order valence-electron chi connectivity index (χ0n) is 11.1. The molecule has 1 aromatic heterocycles. The number of fused-ring (bicyclic) bond motifs is 2. The van der Waals surface area contributed by atoms with Crippen molar-refractivity contribution in [3.8, 4) is 0 Å². The molecule has 0 bridgehead atoms. The van der Waals surface area contributed by atoms with Crippen molar-refractivity contribution in [3.05, 3.63) is 62.6 Å². The first-order valence-electron chi connectivity index (χ1n) is 6.79. The molecule has 0 fully saturated rings. The van der Waals surface area contributed by atoms with E-state index in [2.05, 4.69) is 49.7 Å². The molecule has 106 valence electrons. The van der Waals surface area contributed by atoms with Gasteiger partial charge in [-0.15, -0.1) is 0 Å². The third kappa shape index (κ3) is 2.07. The Bertz CT molecular complexity index is 887. The Labute approximate surface area is 134 Å². The number of imidazole rings is 1. The highest BCUT2D eigenvalue weighted by Crippen LogP contribution is 2.33. The van der Waals surface area contributed by atoms with Gasteiger partial charge in [-0.05, 0) is 58.2 Å². The molecule has 5 heteroatoms. The van der Waals surface area contributed by atoms with E-state index < -0.39 is 0 Å². The second kappa shape index (κ2) is 4.78. The van der Waals surface area contributed by atoms with Crippen LogP contribution in [-0.2, 0) is 12.8 Å². The van der Waals surface area contributed by atoms with E-state index in [1.807, 2.05) is 0 Å². The molecule has 0 spiro atoms. The standard InChI is InChI=1S/C16H12BrFN2S/c17-12-7-14-15(8-13(12)18)20(16(21)19-14)11-5-9-3-1-2-4-10(9)6-11/h1-4,7-8,11H,5-6H2,(H,19,21). The van der Waals surface area contributed by atoms with Gasteiger partial charge in [-0.3, -0.25) is 0 Å². The molecular weight excluding hydrogens is 351 g/mol. The van der Waals surface area contributed by atoms with E-state index in [0.717, 1.165) is 23.9 Å². The van der Waals surface area contributed by atoms with Crippen LogP contribution in [0.3, 0.4) is 0 Å². The number of halogens is 2. The highest BCUT2D eigenvalue weighted by atomic mass is 79.9. The highest BCUT2D eigenvalue weighted by Gasteiger charge is 2.24. The Balaban J connectivity index is 1.87. The van der Waals surface area contributed by atoms with Crippen molar-refractivity contribution < 1.29 is 4.39 Å². The van der Waals surface area contributed by atoms with E-state index >= 15 is 0 Å². The summed E-state index contributed by atoms with van der Waals surface area (Å²) in [4.78, 5) is 3.18. The molecule has 0 radical (unpaired) electrons. The first kappa shape index (κ1) is 13.2. The Morgan fingerprint density at radius 3 is 2.52 bits per heavy atom. The van der Waals surface area contributed by atoms with Crippen molar-refractivity contribution in [1.82, 2.24) is 9.55 Å². The number of aromatic nitrogens is 2. The number of nitrogens with zero attached hydrogens (tertiary/aromatic N) is 1. The van der Waals surface area contributed by atoms with E-state index in [4.69, 9.17) is 12.2 Å². The van der Waals surface area contributed by atoms with Crippen molar-refractivity contribution in [2.45, 2.75) is 18.9 Å². The summed E-state index contributed by atoms with van der Waals surface area (Å²) in [6.07, 6.45) is 1.88. The van der Waals surface area contributed by atoms with E-state index in [0.29, 0.717) is 9.24 Å². The lowest BCUT2D eigenvalue weighted by Gasteiger charge is -2.13. The van der Waals surface area contributed by atoms with Gasteiger partial charge < -0.3 is 9.55 Å². The van der Waals surface area contributed by atoms with E-state index in [1.54, 1.807) is 12.1 Å². The van der Waals surface area contributed by atoms with Gasteiger partial charge in [-0.1, -0.05) is 24.3 Å². The molecule has 21 heavy (non-hydrogen) atoms. The summed E-state index contributed by atoms with van der Waals surface area (Å²) in [7, 11) is 0. The molecule has 1 N–H and O–H groups in total. The summed E-state index contributed by atoms with van der Waals surface area (Å²) in [5.74, 6) is -0.263. The maximum atomic E-state index is 13.9. The average Bonchev–Trinajstić information content (AvgIpc) is 2.99. The van der Waals surface area contributed by atoms with E-state index in [9.17, 15) is 4.39 Å². The second-order valence-corrected chi connectivity index (χ2v) is 6.66. The van der Waals surface area contributed by atoms with Crippen LogP contribution in [0.25, 0.3) is 11.0 Å². The lowest BCUT2D eigenvalue weighted by Crippen LogP contribution is -2.09. The molecule has 1 aliphatic carbocycles. The topological polar surface area (TPSA) is 20.7 Å². The fraction of sp³-hybridized carbons (Fsp3) is 0.188. The molecule has 2 aromatic carbocycles. The molecule has 0 saturated heterocycles. The molecule has 1 aliphatic rings. The first-order chi connectivity index (χ1) is 10.1. The van der Waals surface area contributed by atoms with Crippen LogP contribution in [0.4, 0.5) is 4.39 Å². The van der Waals surface area contributed by atoms with Gasteiger partial charge >= 0.3 is 0 Å². The van der Waals surface area contributed by atoms with Gasteiger partial charge in [0.1, 0.15) is 5.82 Å². The number of hydrogen-bond acceptors (Lipinski definition) is 1. The predicted molar refractivity (Wildman–Crippen MR) is 87.7 cm³/mol. The summed E-state index contributed by atoms with van der Waals surface area (Å²) in [6, 6.07) is 12.0. The molecule has 0 amide bonds. The van der Waals surface area contributed by atoms with Gasteiger partial charge in [0.2, 0.25) is 0 Å². The number of nitrogens with one attached hydrogen (secondary N) is 1. The van der Waals surface area contributed by atoms with Crippen molar-refractivity contribution >= 4 is 39.2 Å². The van der Waals surface area contributed by atoms with Crippen molar-refractivity contribution in [2.24, 2.45) is 0 Å². The fourth-order valence-corrected chi connectivity index (χ4v) is 3.90. The Morgan fingerprint density at radius 2 is 1.86 bits per heavy atom. The Kier molecular flexibility index (Phi) is 3.01. The van der Waals surface area contributed by atoms with Gasteiger partial charge in [-0.25, -0.2) is 4.39 Å². The molecule has 1 heterocycles. The molecule has 0 unspecified atom stereocenters. The summed E-state index contributed by atoms with van der Waals surface area (Å²) in [5, 5.41) is 0. The van der Waals surface area contributed by atoms with Crippen LogP contribution >= 0.6 is 28.1 Å². The molecule has 0 saturated carbocycles.